The molecule has 6 nitrogen and oxygen atoms in total. The predicted molar refractivity (Wildman–Crippen MR) is 101 cm³/mol. The van der Waals surface area contributed by atoms with Crippen molar-refractivity contribution < 1.29 is 18.3 Å². The minimum atomic E-state index is -4.45. The van der Waals surface area contributed by atoms with Gasteiger partial charge in [0.05, 0.1) is 17.4 Å². The van der Waals surface area contributed by atoms with Crippen molar-refractivity contribution in [2.45, 2.75) is 24.4 Å². The Morgan fingerprint density at radius 1 is 1.18 bits per heavy atom. The zero-order valence-corrected chi connectivity index (χ0v) is 15.7. The SMILES string of the molecule is Cc1ccc(NCC(O)CSc2nnnn2-c2cccc(C(F)(F)F)c2)cc1. The fourth-order valence-electron chi connectivity index (χ4n) is 2.38. The van der Waals surface area contributed by atoms with Crippen molar-refractivity contribution in [3.8, 4) is 5.69 Å². The summed E-state index contributed by atoms with van der Waals surface area (Å²) in [6.07, 6.45) is -5.15. The van der Waals surface area contributed by atoms with Gasteiger partial charge in [0.1, 0.15) is 0 Å². The van der Waals surface area contributed by atoms with E-state index in [0.29, 0.717) is 11.7 Å². The smallest absolute Gasteiger partial charge is 0.390 e. The van der Waals surface area contributed by atoms with Gasteiger partial charge in [0.15, 0.2) is 0 Å². The van der Waals surface area contributed by atoms with Crippen LogP contribution in [0.1, 0.15) is 11.1 Å². The number of anilines is 1. The number of thioether (sulfide) groups is 1. The van der Waals surface area contributed by atoms with Crippen LogP contribution in [0.4, 0.5) is 18.9 Å². The Morgan fingerprint density at radius 3 is 2.64 bits per heavy atom. The minimum absolute atomic E-state index is 0.203. The maximum Gasteiger partial charge on any atom is 0.416 e. The maximum atomic E-state index is 12.9. The minimum Gasteiger partial charge on any atom is -0.390 e. The van der Waals surface area contributed by atoms with E-state index in [-0.39, 0.29) is 11.4 Å². The van der Waals surface area contributed by atoms with Gasteiger partial charge in [-0.1, -0.05) is 35.5 Å². The highest BCUT2D eigenvalue weighted by atomic mass is 32.2. The Hall–Kier alpha value is -2.59. The number of aliphatic hydroxyl groups is 1. The van der Waals surface area contributed by atoms with E-state index in [0.717, 1.165) is 35.1 Å². The lowest BCUT2D eigenvalue weighted by atomic mass is 10.2. The molecule has 0 amide bonds. The Bertz CT molecular complexity index is 914. The van der Waals surface area contributed by atoms with Gasteiger partial charge in [0.25, 0.3) is 0 Å². The second-order valence-corrected chi connectivity index (χ2v) is 7.12. The molecule has 0 bridgehead atoms. The zero-order chi connectivity index (χ0) is 20.1. The summed E-state index contributed by atoms with van der Waals surface area (Å²) in [5.74, 6) is 0.276. The molecule has 0 saturated carbocycles. The normalized spacial score (nSPS) is 12.8. The van der Waals surface area contributed by atoms with Crippen molar-refractivity contribution in [1.29, 1.82) is 0 Å². The molecule has 1 unspecified atom stereocenters. The Balaban J connectivity index is 1.60. The molecule has 1 aromatic heterocycles. The van der Waals surface area contributed by atoms with E-state index in [1.165, 1.54) is 16.8 Å². The summed E-state index contributed by atoms with van der Waals surface area (Å²) in [4.78, 5) is 0. The highest BCUT2D eigenvalue weighted by Gasteiger charge is 2.30. The molecular formula is C18H18F3N5OS. The lowest BCUT2D eigenvalue weighted by molar-refractivity contribution is -0.137. The van der Waals surface area contributed by atoms with E-state index in [4.69, 9.17) is 0 Å². The Labute approximate surface area is 163 Å². The fraction of sp³-hybridized carbons (Fsp3) is 0.278. The standard InChI is InChI=1S/C18H18F3N5OS/c1-12-5-7-14(8-6-12)22-10-16(27)11-28-17-23-24-25-26(17)15-4-2-3-13(9-15)18(19,20)21/h2-9,16,22,27H,10-11H2,1H3. The fourth-order valence-corrected chi connectivity index (χ4v) is 3.20. The van der Waals surface area contributed by atoms with E-state index < -0.39 is 17.8 Å². The summed E-state index contributed by atoms with van der Waals surface area (Å²) in [6.45, 7) is 2.31. The van der Waals surface area contributed by atoms with Crippen molar-refractivity contribution in [1.82, 2.24) is 20.2 Å². The highest BCUT2D eigenvalue weighted by Crippen LogP contribution is 2.30. The van der Waals surface area contributed by atoms with Gasteiger partial charge in [-0.3, -0.25) is 0 Å². The van der Waals surface area contributed by atoms with E-state index in [2.05, 4.69) is 20.8 Å². The third-order valence-electron chi connectivity index (χ3n) is 3.86. The topological polar surface area (TPSA) is 75.9 Å². The van der Waals surface area contributed by atoms with Gasteiger partial charge in [-0.15, -0.1) is 5.10 Å². The van der Waals surface area contributed by atoms with Crippen molar-refractivity contribution in [2.24, 2.45) is 0 Å². The van der Waals surface area contributed by atoms with Crippen LogP contribution in [-0.4, -0.2) is 43.7 Å². The molecule has 0 radical (unpaired) electrons. The van der Waals surface area contributed by atoms with E-state index in [1.54, 1.807) is 0 Å². The van der Waals surface area contributed by atoms with E-state index >= 15 is 0 Å². The van der Waals surface area contributed by atoms with Crippen LogP contribution in [0.15, 0.2) is 53.7 Å². The summed E-state index contributed by atoms with van der Waals surface area (Å²) in [6, 6.07) is 12.5. The number of hydrogen-bond donors (Lipinski definition) is 2. The van der Waals surface area contributed by atoms with Crippen molar-refractivity contribution in [3.05, 3.63) is 59.7 Å². The molecule has 0 aliphatic rings. The van der Waals surface area contributed by atoms with Crippen molar-refractivity contribution >= 4 is 17.4 Å². The van der Waals surface area contributed by atoms with Gasteiger partial charge in [-0.2, -0.15) is 17.9 Å². The van der Waals surface area contributed by atoms with Crippen LogP contribution >= 0.6 is 11.8 Å². The molecule has 148 valence electrons. The van der Waals surface area contributed by atoms with Crippen LogP contribution in [0.3, 0.4) is 0 Å². The van der Waals surface area contributed by atoms with Crippen LogP contribution in [0, 0.1) is 6.92 Å². The van der Waals surface area contributed by atoms with Gasteiger partial charge < -0.3 is 10.4 Å². The number of nitrogens with one attached hydrogen (secondary N) is 1. The summed E-state index contributed by atoms with van der Waals surface area (Å²) >= 11 is 1.16. The average molecular weight is 409 g/mol. The molecule has 0 aliphatic heterocycles. The largest absolute Gasteiger partial charge is 0.416 e. The number of benzene rings is 2. The van der Waals surface area contributed by atoms with Gasteiger partial charge in [0, 0.05) is 18.0 Å². The number of aryl methyl sites for hydroxylation is 1. The molecule has 3 rings (SSSR count). The van der Waals surface area contributed by atoms with Crippen LogP contribution < -0.4 is 5.32 Å². The number of hydrogen-bond acceptors (Lipinski definition) is 6. The molecule has 3 aromatic rings. The Kier molecular flexibility index (Phi) is 6.20. The van der Waals surface area contributed by atoms with Crippen molar-refractivity contribution in [2.75, 3.05) is 17.6 Å². The molecule has 2 N–H and O–H groups in total. The third kappa shape index (κ3) is 5.23. The second kappa shape index (κ2) is 8.61. The number of alkyl halides is 3. The first-order valence-corrected chi connectivity index (χ1v) is 9.39. The quantitative estimate of drug-likeness (QED) is 0.582. The zero-order valence-electron chi connectivity index (χ0n) is 14.9. The van der Waals surface area contributed by atoms with Gasteiger partial charge in [-0.05, 0) is 47.7 Å². The molecule has 0 aliphatic carbocycles. The molecule has 2 aromatic carbocycles. The summed E-state index contributed by atoms with van der Waals surface area (Å²) < 4.78 is 39.9. The van der Waals surface area contributed by atoms with Crippen LogP contribution in [-0.2, 0) is 6.18 Å². The maximum absolute atomic E-state index is 12.9. The van der Waals surface area contributed by atoms with Gasteiger partial charge >= 0.3 is 6.18 Å². The van der Waals surface area contributed by atoms with Gasteiger partial charge in [-0.25, -0.2) is 0 Å². The summed E-state index contributed by atoms with van der Waals surface area (Å²) in [5.41, 5.74) is 1.46. The van der Waals surface area contributed by atoms with Crippen LogP contribution in [0.5, 0.6) is 0 Å². The van der Waals surface area contributed by atoms with Gasteiger partial charge in [0.2, 0.25) is 5.16 Å². The molecule has 0 spiro atoms. The van der Waals surface area contributed by atoms with Crippen LogP contribution in [0.2, 0.25) is 0 Å². The Morgan fingerprint density at radius 2 is 1.93 bits per heavy atom. The van der Waals surface area contributed by atoms with E-state index in [1.807, 2.05) is 31.2 Å². The number of aliphatic hydroxyl groups excluding tert-OH is 1. The molecule has 1 heterocycles. The molecule has 0 saturated heterocycles. The van der Waals surface area contributed by atoms with E-state index in [9.17, 15) is 18.3 Å². The first kappa shape index (κ1) is 20.2. The molecule has 1 atom stereocenters. The van der Waals surface area contributed by atoms with Crippen LogP contribution in [0.25, 0.3) is 5.69 Å². The number of halogens is 3. The number of nitrogens with zero attached hydrogens (tertiary/aromatic N) is 4. The third-order valence-corrected chi connectivity index (χ3v) is 4.92. The lowest BCUT2D eigenvalue weighted by Crippen LogP contribution is -2.22. The van der Waals surface area contributed by atoms with Crippen molar-refractivity contribution in [3.63, 3.8) is 0 Å². The second-order valence-electron chi connectivity index (χ2n) is 6.13. The highest BCUT2D eigenvalue weighted by molar-refractivity contribution is 7.99. The number of aromatic nitrogens is 4. The average Bonchev–Trinajstić information content (AvgIpc) is 3.14. The summed E-state index contributed by atoms with van der Waals surface area (Å²) in [7, 11) is 0. The summed E-state index contributed by atoms with van der Waals surface area (Å²) in [5, 5.41) is 24.7. The first-order chi connectivity index (χ1) is 13.3. The molecular weight excluding hydrogens is 391 g/mol. The number of rotatable bonds is 7. The molecule has 0 fully saturated rings. The monoisotopic (exact) mass is 409 g/mol. The predicted octanol–water partition coefficient (Wildman–Crippen LogP) is 3.55. The lowest BCUT2D eigenvalue weighted by Gasteiger charge is -2.13. The molecule has 10 heteroatoms. The number of tetrazole rings is 1. The first-order valence-electron chi connectivity index (χ1n) is 8.40. The molecule has 28 heavy (non-hydrogen) atoms.